The minimum Gasteiger partial charge on any atom is -0.370 e. The molecular formula is C31H45ClKN4O2-. The molecule has 6 nitrogen and oxygen atoms in total. The summed E-state index contributed by atoms with van der Waals surface area (Å²) in [5.41, 5.74) is 9.69. The first-order valence-electron chi connectivity index (χ1n) is 13.5. The number of nitrogens with zero attached hydrogens (tertiary/aromatic N) is 1. The third kappa shape index (κ3) is 13.2. The summed E-state index contributed by atoms with van der Waals surface area (Å²) in [6.07, 6.45) is 10.2. The van der Waals surface area contributed by atoms with E-state index >= 15 is 0 Å². The Balaban J connectivity index is 0.00000104. The van der Waals surface area contributed by atoms with E-state index in [0.717, 1.165) is 60.1 Å². The summed E-state index contributed by atoms with van der Waals surface area (Å²) >= 11 is 6.57. The van der Waals surface area contributed by atoms with Gasteiger partial charge < -0.3 is 34.7 Å². The molecule has 0 spiro atoms. The summed E-state index contributed by atoms with van der Waals surface area (Å²) in [6.45, 7) is 17.1. The molecule has 4 rings (SSSR count). The number of nitrogens with two attached hydrogens (primary N) is 1. The van der Waals surface area contributed by atoms with Crippen LogP contribution in [0.2, 0.25) is 5.02 Å². The predicted molar refractivity (Wildman–Crippen MR) is 162 cm³/mol. The van der Waals surface area contributed by atoms with Crippen molar-refractivity contribution in [3.8, 4) is 11.1 Å². The molecule has 2 aromatic heterocycles. The molecule has 2 heterocycles. The van der Waals surface area contributed by atoms with Crippen LogP contribution in [0.1, 0.15) is 71.8 Å². The number of hydrogen-bond donors (Lipinski definition) is 3. The SMILES string of the molecule is CCCC.Cc1cccc2c(-c3cnc(NCC4CCC(C(N)=O)C4)cc3Cl)c[nH]c12.[CH2-]C(C)=O.[CH2-]CC.[K+]. The van der Waals surface area contributed by atoms with Crippen LogP contribution >= 0.6 is 11.6 Å². The van der Waals surface area contributed by atoms with Gasteiger partial charge in [-0.3, -0.25) is 4.79 Å². The second-order valence-electron chi connectivity index (χ2n) is 9.61. The van der Waals surface area contributed by atoms with Crippen molar-refractivity contribution >= 4 is 40.0 Å². The van der Waals surface area contributed by atoms with Gasteiger partial charge in [0.15, 0.2) is 0 Å². The first-order chi connectivity index (χ1) is 18.1. The van der Waals surface area contributed by atoms with Gasteiger partial charge in [0.2, 0.25) is 5.91 Å². The first kappa shape index (κ1) is 37.6. The van der Waals surface area contributed by atoms with E-state index in [2.05, 4.69) is 62.0 Å². The summed E-state index contributed by atoms with van der Waals surface area (Å²) in [6, 6.07) is 8.09. The van der Waals surface area contributed by atoms with Gasteiger partial charge in [0.05, 0.1) is 5.02 Å². The van der Waals surface area contributed by atoms with Crippen LogP contribution in [0, 0.1) is 32.6 Å². The number of Topliss-reactive ketones (excluding diaryl/α,β-unsaturated/α-hetero) is 1. The number of primary amides is 1. The zero-order valence-electron chi connectivity index (χ0n) is 24.7. The van der Waals surface area contributed by atoms with Gasteiger partial charge in [0.25, 0.3) is 0 Å². The maximum Gasteiger partial charge on any atom is 1.00 e. The molecule has 3 aromatic rings. The summed E-state index contributed by atoms with van der Waals surface area (Å²) in [4.78, 5) is 28.5. The number of ketones is 1. The number of carbonyl (C=O) groups excluding carboxylic acids is 2. The van der Waals surface area contributed by atoms with Gasteiger partial charge in [-0.05, 0) is 56.4 Å². The van der Waals surface area contributed by atoms with E-state index in [-0.39, 0.29) is 69.0 Å². The quantitative estimate of drug-likeness (QED) is 0.284. The Morgan fingerprint density at radius 1 is 1.18 bits per heavy atom. The number of unbranched alkanes of at least 4 members (excludes halogenated alkanes) is 1. The summed E-state index contributed by atoms with van der Waals surface area (Å²) in [5.74, 6) is 0.944. The first-order valence-corrected chi connectivity index (χ1v) is 13.8. The minimum absolute atomic E-state index is 0. The Bertz CT molecular complexity index is 1140. The number of aryl methyl sites for hydroxylation is 1. The molecule has 0 bridgehead atoms. The Morgan fingerprint density at radius 2 is 1.79 bits per heavy atom. The molecule has 1 aliphatic rings. The van der Waals surface area contributed by atoms with Crippen molar-refractivity contribution in [3.63, 3.8) is 0 Å². The van der Waals surface area contributed by atoms with E-state index in [4.69, 9.17) is 17.3 Å². The molecule has 1 aliphatic carbocycles. The molecule has 0 aliphatic heterocycles. The molecule has 8 heteroatoms. The van der Waals surface area contributed by atoms with E-state index in [0.29, 0.717) is 10.9 Å². The number of para-hydroxylation sites is 1. The number of pyridine rings is 1. The van der Waals surface area contributed by atoms with Crippen molar-refractivity contribution < 1.29 is 61.0 Å². The predicted octanol–water partition coefficient (Wildman–Crippen LogP) is 4.96. The normalized spacial score (nSPS) is 15.4. The van der Waals surface area contributed by atoms with E-state index in [1.54, 1.807) is 0 Å². The Hall–Kier alpha value is -1.35. The van der Waals surface area contributed by atoms with Crippen molar-refractivity contribution in [1.82, 2.24) is 9.97 Å². The van der Waals surface area contributed by atoms with Crippen molar-refractivity contribution in [1.29, 1.82) is 0 Å². The Labute approximate surface area is 283 Å². The molecule has 39 heavy (non-hydrogen) atoms. The number of amides is 1. The fraction of sp³-hybridized carbons (Fsp3) is 0.452. The molecular weight excluding hydrogens is 535 g/mol. The van der Waals surface area contributed by atoms with Crippen LogP contribution in [-0.4, -0.2) is 28.2 Å². The zero-order valence-corrected chi connectivity index (χ0v) is 28.6. The number of nitrogens with one attached hydrogen (secondary N) is 2. The molecule has 4 N–H and O–H groups in total. The number of benzene rings is 1. The molecule has 2 atom stereocenters. The van der Waals surface area contributed by atoms with Crippen LogP contribution in [0.3, 0.4) is 0 Å². The molecule has 210 valence electrons. The van der Waals surface area contributed by atoms with E-state index in [9.17, 15) is 9.59 Å². The van der Waals surface area contributed by atoms with Gasteiger partial charge >= 0.3 is 51.4 Å². The molecule has 1 aromatic carbocycles. The van der Waals surface area contributed by atoms with Crippen LogP contribution in [0.5, 0.6) is 0 Å². The maximum absolute atomic E-state index is 11.3. The standard InChI is InChI=1S/C21H23ClN4O.C4H10.C3H5O.C3H7.K/c1-12-3-2-4-15-16(10-26-20(12)15)17-11-25-19(8-18(17)22)24-9-13-5-6-14(7-13)21(23)27;1-3-4-2;1-3(2)4;1-3-2;/h2-4,8,10-11,13-14,26H,5-7,9H2,1H3,(H2,23,27)(H,24,25);3-4H2,1-2H3;1H2,2H3;1,3H2,2H3;/q;;2*-1;+1. The largest absolute Gasteiger partial charge is 1.00 e. The van der Waals surface area contributed by atoms with Crippen LogP contribution in [0.15, 0.2) is 36.7 Å². The zero-order chi connectivity index (χ0) is 28.7. The Kier molecular flexibility index (Phi) is 19.8. The Morgan fingerprint density at radius 3 is 2.31 bits per heavy atom. The fourth-order valence-electron chi connectivity index (χ4n) is 4.02. The van der Waals surface area contributed by atoms with Crippen molar-refractivity contribution in [2.24, 2.45) is 17.6 Å². The number of anilines is 1. The topological polar surface area (TPSA) is 101 Å². The molecule has 2 unspecified atom stereocenters. The van der Waals surface area contributed by atoms with Gasteiger partial charge in [-0.2, -0.15) is 6.42 Å². The summed E-state index contributed by atoms with van der Waals surface area (Å²) in [5, 5.41) is 5.16. The molecule has 0 saturated heterocycles. The molecule has 0 radical (unpaired) electrons. The number of H-pyrrole nitrogens is 1. The third-order valence-electron chi connectivity index (χ3n) is 6.08. The minimum atomic E-state index is -0.183. The second-order valence-corrected chi connectivity index (χ2v) is 10.0. The third-order valence-corrected chi connectivity index (χ3v) is 6.40. The molecule has 1 fully saturated rings. The van der Waals surface area contributed by atoms with Gasteiger partial charge in [-0.15, -0.1) is 0 Å². The van der Waals surface area contributed by atoms with Gasteiger partial charge in [-0.25, -0.2) is 4.98 Å². The molecule has 1 saturated carbocycles. The van der Waals surface area contributed by atoms with Crippen LogP contribution in [-0.2, 0) is 9.59 Å². The second kappa shape index (κ2) is 20.5. The smallest absolute Gasteiger partial charge is 0.370 e. The molecule has 1 amide bonds. The van der Waals surface area contributed by atoms with Crippen LogP contribution in [0.25, 0.3) is 22.0 Å². The number of hydrogen-bond acceptors (Lipinski definition) is 4. The maximum atomic E-state index is 11.3. The van der Waals surface area contributed by atoms with Crippen molar-refractivity contribution in [3.05, 3.63) is 61.1 Å². The summed E-state index contributed by atoms with van der Waals surface area (Å²) < 4.78 is 0. The number of aromatic amines is 1. The van der Waals surface area contributed by atoms with Crippen LogP contribution < -0.4 is 62.4 Å². The number of fused-ring (bicyclic) bond motifs is 1. The average molecular weight is 580 g/mol. The van der Waals surface area contributed by atoms with Crippen molar-refractivity contribution in [2.45, 2.75) is 73.1 Å². The number of rotatable bonds is 6. The average Bonchev–Trinajstić information content (AvgIpc) is 3.52. The fourth-order valence-corrected chi connectivity index (χ4v) is 4.28. The van der Waals surface area contributed by atoms with E-state index in [1.807, 2.05) is 31.5 Å². The van der Waals surface area contributed by atoms with Gasteiger partial charge in [0, 0.05) is 46.9 Å². The van der Waals surface area contributed by atoms with E-state index in [1.165, 1.54) is 25.3 Å². The van der Waals surface area contributed by atoms with Crippen LogP contribution in [0.4, 0.5) is 5.82 Å². The number of halogens is 1. The van der Waals surface area contributed by atoms with Gasteiger partial charge in [0.1, 0.15) is 5.82 Å². The number of aromatic nitrogens is 2. The van der Waals surface area contributed by atoms with Gasteiger partial charge in [-0.1, -0.05) is 63.4 Å². The van der Waals surface area contributed by atoms with Crippen molar-refractivity contribution in [2.75, 3.05) is 11.9 Å². The number of carbonyl (C=O) groups is 2. The van der Waals surface area contributed by atoms with E-state index < -0.39 is 0 Å². The summed E-state index contributed by atoms with van der Waals surface area (Å²) in [7, 11) is 0. The monoisotopic (exact) mass is 579 g/mol.